The maximum absolute atomic E-state index is 12.2. The van der Waals surface area contributed by atoms with E-state index in [0.717, 1.165) is 11.1 Å². The number of phenolic OH excluding ortho intramolecular Hbond substituents is 1. The molecular formula is C23H17NO3. The molecule has 0 fully saturated rings. The van der Waals surface area contributed by atoms with Gasteiger partial charge in [-0.3, -0.25) is 4.79 Å². The van der Waals surface area contributed by atoms with Crippen molar-refractivity contribution in [3.8, 4) is 17.6 Å². The normalized spacial score (nSPS) is 10.5. The first kappa shape index (κ1) is 18.0. The fraction of sp³-hybridized carbons (Fsp3) is 0.0435. The fourth-order valence-corrected chi connectivity index (χ4v) is 2.50. The number of benzene rings is 3. The van der Waals surface area contributed by atoms with Crippen LogP contribution in [0.25, 0.3) is 6.08 Å². The van der Waals surface area contributed by atoms with E-state index in [4.69, 9.17) is 10.00 Å². The number of nitrogens with zero attached hydrogens (tertiary/aromatic N) is 1. The van der Waals surface area contributed by atoms with Crippen molar-refractivity contribution in [1.82, 2.24) is 0 Å². The van der Waals surface area contributed by atoms with Gasteiger partial charge in [0.25, 0.3) is 0 Å². The third-order valence-corrected chi connectivity index (χ3v) is 3.90. The highest BCUT2D eigenvalue weighted by atomic mass is 16.5. The van der Waals surface area contributed by atoms with Crippen molar-refractivity contribution >= 4 is 11.9 Å². The SMILES string of the molecule is N#Cc1cccc(COc2cccc(/C=C/C(=O)c3ccc(O)cc3)c2)c1. The Balaban J connectivity index is 1.65. The van der Waals surface area contributed by atoms with Gasteiger partial charge in [-0.15, -0.1) is 0 Å². The van der Waals surface area contributed by atoms with E-state index >= 15 is 0 Å². The summed E-state index contributed by atoms with van der Waals surface area (Å²) in [5, 5.41) is 18.2. The number of nitriles is 1. The topological polar surface area (TPSA) is 70.3 Å². The molecule has 0 aliphatic heterocycles. The van der Waals surface area contributed by atoms with Crippen LogP contribution in [0, 0.1) is 11.3 Å². The lowest BCUT2D eigenvalue weighted by Crippen LogP contribution is -1.96. The molecule has 27 heavy (non-hydrogen) atoms. The summed E-state index contributed by atoms with van der Waals surface area (Å²) in [5.74, 6) is 0.659. The van der Waals surface area contributed by atoms with Crippen LogP contribution in [0.5, 0.6) is 11.5 Å². The summed E-state index contributed by atoms with van der Waals surface area (Å²) in [7, 11) is 0. The van der Waals surface area contributed by atoms with Gasteiger partial charge in [0.05, 0.1) is 11.6 Å². The lowest BCUT2D eigenvalue weighted by Gasteiger charge is -2.07. The van der Waals surface area contributed by atoms with Crippen LogP contribution in [-0.4, -0.2) is 10.9 Å². The van der Waals surface area contributed by atoms with Crippen molar-refractivity contribution in [1.29, 1.82) is 5.26 Å². The van der Waals surface area contributed by atoms with Gasteiger partial charge in [-0.25, -0.2) is 0 Å². The average molecular weight is 355 g/mol. The number of carbonyl (C=O) groups excluding carboxylic acids is 1. The van der Waals surface area contributed by atoms with Gasteiger partial charge in [0.15, 0.2) is 5.78 Å². The van der Waals surface area contributed by atoms with E-state index in [2.05, 4.69) is 6.07 Å². The number of allylic oxidation sites excluding steroid dienone is 1. The van der Waals surface area contributed by atoms with Gasteiger partial charge in [0, 0.05) is 5.56 Å². The molecule has 0 bridgehead atoms. The zero-order valence-electron chi connectivity index (χ0n) is 14.5. The minimum absolute atomic E-state index is 0.126. The first-order valence-electron chi connectivity index (χ1n) is 8.37. The Kier molecular flexibility index (Phi) is 5.66. The van der Waals surface area contributed by atoms with Gasteiger partial charge < -0.3 is 9.84 Å². The second-order valence-electron chi connectivity index (χ2n) is 5.92. The monoisotopic (exact) mass is 355 g/mol. The quantitative estimate of drug-likeness (QED) is 0.512. The van der Waals surface area contributed by atoms with E-state index in [1.165, 1.54) is 18.2 Å². The third-order valence-electron chi connectivity index (χ3n) is 3.90. The number of carbonyl (C=O) groups is 1. The molecule has 1 N–H and O–H groups in total. The number of ketones is 1. The van der Waals surface area contributed by atoms with Crippen molar-refractivity contribution in [2.45, 2.75) is 6.61 Å². The zero-order chi connectivity index (χ0) is 19.1. The van der Waals surface area contributed by atoms with E-state index < -0.39 is 0 Å². The standard InChI is InChI=1S/C23H17NO3/c24-15-18-4-1-5-19(13-18)16-27-22-6-2-3-17(14-22)7-12-23(26)20-8-10-21(25)11-9-20/h1-14,25H,16H2/b12-7+. The second kappa shape index (κ2) is 8.50. The first-order valence-corrected chi connectivity index (χ1v) is 8.37. The average Bonchev–Trinajstić information content (AvgIpc) is 2.71. The molecule has 0 heterocycles. The van der Waals surface area contributed by atoms with E-state index in [1.54, 1.807) is 30.3 Å². The Morgan fingerprint density at radius 3 is 2.59 bits per heavy atom. The second-order valence-corrected chi connectivity index (χ2v) is 5.92. The number of hydrogen-bond donors (Lipinski definition) is 1. The van der Waals surface area contributed by atoms with Crippen LogP contribution >= 0.6 is 0 Å². The maximum Gasteiger partial charge on any atom is 0.185 e. The van der Waals surface area contributed by atoms with Gasteiger partial charge in [0.2, 0.25) is 0 Å². The van der Waals surface area contributed by atoms with Gasteiger partial charge in [-0.1, -0.05) is 30.3 Å². The lowest BCUT2D eigenvalue weighted by molar-refractivity contribution is 0.104. The van der Waals surface area contributed by atoms with Crippen LogP contribution in [0.1, 0.15) is 27.0 Å². The van der Waals surface area contributed by atoms with Crippen LogP contribution in [0.4, 0.5) is 0 Å². The Morgan fingerprint density at radius 2 is 1.81 bits per heavy atom. The molecule has 4 heteroatoms. The molecule has 0 unspecified atom stereocenters. The molecule has 0 aliphatic carbocycles. The van der Waals surface area contributed by atoms with Crippen molar-refractivity contribution in [3.63, 3.8) is 0 Å². The van der Waals surface area contributed by atoms with E-state index in [-0.39, 0.29) is 11.5 Å². The minimum atomic E-state index is -0.144. The highest BCUT2D eigenvalue weighted by molar-refractivity contribution is 6.06. The number of ether oxygens (including phenoxy) is 1. The van der Waals surface area contributed by atoms with Crippen LogP contribution in [0.2, 0.25) is 0 Å². The fourth-order valence-electron chi connectivity index (χ4n) is 2.50. The largest absolute Gasteiger partial charge is 0.508 e. The van der Waals surface area contributed by atoms with Crippen LogP contribution in [0.15, 0.2) is 78.9 Å². The van der Waals surface area contributed by atoms with Crippen LogP contribution < -0.4 is 4.74 Å². The molecule has 0 radical (unpaired) electrons. The molecule has 0 saturated carbocycles. The number of aromatic hydroxyl groups is 1. The number of phenols is 1. The van der Waals surface area contributed by atoms with Crippen molar-refractivity contribution < 1.29 is 14.6 Å². The molecule has 0 amide bonds. The van der Waals surface area contributed by atoms with E-state index in [9.17, 15) is 9.90 Å². The number of rotatable bonds is 6. The summed E-state index contributed by atoms with van der Waals surface area (Å²) in [6, 6.07) is 22.9. The van der Waals surface area contributed by atoms with Gasteiger partial charge >= 0.3 is 0 Å². The summed E-state index contributed by atoms with van der Waals surface area (Å²) in [4.78, 5) is 12.2. The first-order chi connectivity index (χ1) is 13.1. The molecule has 0 aliphatic rings. The summed E-state index contributed by atoms with van der Waals surface area (Å²) in [6.45, 7) is 0.356. The third kappa shape index (κ3) is 5.07. The van der Waals surface area contributed by atoms with Crippen molar-refractivity contribution in [2.75, 3.05) is 0 Å². The van der Waals surface area contributed by atoms with Gasteiger partial charge in [0.1, 0.15) is 18.1 Å². The summed E-state index contributed by atoms with van der Waals surface area (Å²) >= 11 is 0. The molecule has 4 nitrogen and oxygen atoms in total. The Morgan fingerprint density at radius 1 is 1.04 bits per heavy atom. The maximum atomic E-state index is 12.2. The smallest absolute Gasteiger partial charge is 0.185 e. The van der Waals surface area contributed by atoms with Crippen molar-refractivity contribution in [2.24, 2.45) is 0 Å². The Bertz CT molecular complexity index is 1010. The molecule has 0 saturated heterocycles. The summed E-state index contributed by atoms with van der Waals surface area (Å²) in [5.41, 5.74) is 2.86. The molecule has 0 spiro atoms. The Hall–Kier alpha value is -3.84. The molecule has 132 valence electrons. The predicted octanol–water partition coefficient (Wildman–Crippen LogP) is 4.74. The summed E-state index contributed by atoms with van der Waals surface area (Å²) in [6.07, 6.45) is 3.21. The predicted molar refractivity (Wildman–Crippen MR) is 103 cm³/mol. The highest BCUT2D eigenvalue weighted by Gasteiger charge is 2.02. The molecule has 0 atom stereocenters. The molecule has 3 aromatic rings. The molecule has 0 aromatic heterocycles. The Labute approximate surface area is 157 Å². The molecule has 3 rings (SSSR count). The zero-order valence-corrected chi connectivity index (χ0v) is 14.5. The van der Waals surface area contributed by atoms with Crippen LogP contribution in [0.3, 0.4) is 0 Å². The molecule has 3 aromatic carbocycles. The minimum Gasteiger partial charge on any atom is -0.508 e. The highest BCUT2D eigenvalue weighted by Crippen LogP contribution is 2.17. The van der Waals surface area contributed by atoms with Crippen molar-refractivity contribution in [3.05, 3.63) is 101 Å². The lowest BCUT2D eigenvalue weighted by atomic mass is 10.1. The van der Waals surface area contributed by atoms with Gasteiger partial charge in [-0.05, 0) is 65.7 Å². The van der Waals surface area contributed by atoms with E-state index in [0.29, 0.717) is 23.5 Å². The van der Waals surface area contributed by atoms with E-state index in [1.807, 2.05) is 36.4 Å². The van der Waals surface area contributed by atoms with Crippen LogP contribution in [-0.2, 0) is 6.61 Å². The number of hydrogen-bond acceptors (Lipinski definition) is 4. The summed E-state index contributed by atoms with van der Waals surface area (Å²) < 4.78 is 5.78. The molecular weight excluding hydrogens is 338 g/mol. The van der Waals surface area contributed by atoms with Gasteiger partial charge in [-0.2, -0.15) is 5.26 Å².